The predicted octanol–water partition coefficient (Wildman–Crippen LogP) is 1.90. The van der Waals surface area contributed by atoms with Crippen LogP contribution >= 0.6 is 0 Å². The number of aromatic nitrogens is 3. The fourth-order valence-electron chi connectivity index (χ4n) is 4.32. The van der Waals surface area contributed by atoms with Crippen LogP contribution < -0.4 is 11.1 Å². The SMILES string of the molecule is CCNC(=O)N1CC[C@]2(CCCn3nc(-c4cnc(N)c([N+](=O)[O-])c4)cc32)C1. The molecule has 2 aromatic rings. The molecule has 10 nitrogen and oxygen atoms in total. The highest BCUT2D eigenvalue weighted by atomic mass is 16.6. The zero-order chi connectivity index (χ0) is 19.9. The summed E-state index contributed by atoms with van der Waals surface area (Å²) in [6.45, 7) is 4.67. The summed E-state index contributed by atoms with van der Waals surface area (Å²) in [7, 11) is 0. The largest absolute Gasteiger partial charge is 0.378 e. The van der Waals surface area contributed by atoms with Gasteiger partial charge in [0.15, 0.2) is 0 Å². The average molecular weight is 385 g/mol. The minimum atomic E-state index is -0.537. The zero-order valence-corrected chi connectivity index (χ0v) is 15.7. The number of hydrogen-bond donors (Lipinski definition) is 2. The number of aryl methyl sites for hydroxylation is 1. The fourth-order valence-corrected chi connectivity index (χ4v) is 4.32. The Bertz CT molecular complexity index is 941. The van der Waals surface area contributed by atoms with Crippen LogP contribution in [-0.2, 0) is 12.0 Å². The van der Waals surface area contributed by atoms with E-state index in [0.717, 1.165) is 31.5 Å². The lowest BCUT2D eigenvalue weighted by atomic mass is 9.77. The number of urea groups is 1. The van der Waals surface area contributed by atoms with Gasteiger partial charge in [-0.25, -0.2) is 9.78 Å². The molecule has 1 saturated heterocycles. The maximum atomic E-state index is 12.3. The summed E-state index contributed by atoms with van der Waals surface area (Å²) in [4.78, 5) is 28.7. The van der Waals surface area contributed by atoms with E-state index in [1.165, 1.54) is 12.3 Å². The Hall–Kier alpha value is -3.17. The Morgan fingerprint density at radius 2 is 2.21 bits per heavy atom. The summed E-state index contributed by atoms with van der Waals surface area (Å²) in [5.74, 6) is -0.109. The van der Waals surface area contributed by atoms with Gasteiger partial charge in [0.2, 0.25) is 5.82 Å². The van der Waals surface area contributed by atoms with Crippen molar-refractivity contribution in [2.75, 3.05) is 25.4 Å². The number of anilines is 1. The van der Waals surface area contributed by atoms with Gasteiger partial charge in [-0.15, -0.1) is 0 Å². The molecule has 28 heavy (non-hydrogen) atoms. The van der Waals surface area contributed by atoms with Crippen molar-refractivity contribution in [1.29, 1.82) is 0 Å². The lowest BCUT2D eigenvalue weighted by molar-refractivity contribution is -0.384. The molecule has 2 aliphatic heterocycles. The summed E-state index contributed by atoms with van der Waals surface area (Å²) in [6.07, 6.45) is 4.38. The van der Waals surface area contributed by atoms with Gasteiger partial charge in [-0.2, -0.15) is 5.10 Å². The van der Waals surface area contributed by atoms with Gasteiger partial charge in [0.25, 0.3) is 0 Å². The van der Waals surface area contributed by atoms with Gasteiger partial charge >= 0.3 is 11.7 Å². The van der Waals surface area contributed by atoms with Gasteiger partial charge in [-0.1, -0.05) is 0 Å². The van der Waals surface area contributed by atoms with Crippen molar-refractivity contribution < 1.29 is 9.72 Å². The third kappa shape index (κ3) is 2.94. The predicted molar refractivity (Wildman–Crippen MR) is 103 cm³/mol. The number of fused-ring (bicyclic) bond motifs is 2. The minimum absolute atomic E-state index is 0.0328. The molecule has 10 heteroatoms. The second-order valence-electron chi connectivity index (χ2n) is 7.41. The van der Waals surface area contributed by atoms with E-state index in [2.05, 4.69) is 15.4 Å². The number of nitro groups is 1. The maximum Gasteiger partial charge on any atom is 0.317 e. The molecule has 2 aromatic heterocycles. The topological polar surface area (TPSA) is 132 Å². The van der Waals surface area contributed by atoms with E-state index in [1.54, 1.807) is 0 Å². The van der Waals surface area contributed by atoms with Crippen LogP contribution in [0.2, 0.25) is 0 Å². The van der Waals surface area contributed by atoms with Gasteiger partial charge in [-0.3, -0.25) is 14.8 Å². The second kappa shape index (κ2) is 6.77. The van der Waals surface area contributed by atoms with Gasteiger partial charge in [0, 0.05) is 55.1 Å². The minimum Gasteiger partial charge on any atom is -0.378 e. The molecule has 2 aliphatic rings. The van der Waals surface area contributed by atoms with E-state index in [9.17, 15) is 14.9 Å². The van der Waals surface area contributed by atoms with Crippen molar-refractivity contribution >= 4 is 17.5 Å². The Kier molecular flexibility index (Phi) is 4.40. The number of nitrogens with two attached hydrogens (primary N) is 1. The van der Waals surface area contributed by atoms with E-state index in [0.29, 0.717) is 30.9 Å². The molecule has 148 valence electrons. The van der Waals surface area contributed by atoms with E-state index < -0.39 is 4.92 Å². The fraction of sp³-hybridized carbons (Fsp3) is 0.500. The molecule has 3 N–H and O–H groups in total. The Morgan fingerprint density at radius 1 is 1.39 bits per heavy atom. The third-order valence-corrected chi connectivity index (χ3v) is 5.71. The number of pyridine rings is 1. The highest BCUT2D eigenvalue weighted by Gasteiger charge is 2.45. The molecule has 2 amide bonds. The zero-order valence-electron chi connectivity index (χ0n) is 15.7. The first-order valence-corrected chi connectivity index (χ1v) is 9.45. The van der Waals surface area contributed by atoms with Crippen LogP contribution in [0, 0.1) is 10.1 Å². The van der Waals surface area contributed by atoms with E-state index in [1.807, 2.05) is 22.6 Å². The van der Waals surface area contributed by atoms with E-state index >= 15 is 0 Å². The second-order valence-corrected chi connectivity index (χ2v) is 7.41. The van der Waals surface area contributed by atoms with Gasteiger partial charge in [0.1, 0.15) is 0 Å². The standard InChI is InChI=1S/C18H23N7O3/c1-2-20-17(26)23-7-5-18(11-23)4-3-6-24-15(18)9-13(22-24)12-8-14(25(27)28)16(19)21-10-12/h8-10H,2-7,11H2,1H3,(H2,19,21)(H,20,26)/t18-/m1/s1. The first-order chi connectivity index (χ1) is 13.4. The number of carbonyl (C=O) groups excluding carboxylic acids is 1. The molecule has 0 aliphatic carbocycles. The smallest absolute Gasteiger partial charge is 0.317 e. The molecule has 0 aromatic carbocycles. The maximum absolute atomic E-state index is 12.3. The quantitative estimate of drug-likeness (QED) is 0.612. The van der Waals surface area contributed by atoms with Crippen molar-refractivity contribution in [2.24, 2.45) is 0 Å². The van der Waals surface area contributed by atoms with Crippen LogP contribution in [0.3, 0.4) is 0 Å². The number of nitrogens with zero attached hydrogens (tertiary/aromatic N) is 5. The number of nitrogens with one attached hydrogen (secondary N) is 1. The van der Waals surface area contributed by atoms with Gasteiger partial charge in [0.05, 0.1) is 10.6 Å². The summed E-state index contributed by atoms with van der Waals surface area (Å²) in [5, 5.41) is 18.7. The van der Waals surface area contributed by atoms with Crippen molar-refractivity contribution in [1.82, 2.24) is 25.0 Å². The van der Waals surface area contributed by atoms with E-state index in [-0.39, 0.29) is 23.0 Å². The number of amides is 2. The Labute approximate surface area is 161 Å². The van der Waals surface area contributed by atoms with Crippen LogP contribution in [-0.4, -0.2) is 50.3 Å². The van der Waals surface area contributed by atoms with Crippen LogP contribution in [0.5, 0.6) is 0 Å². The monoisotopic (exact) mass is 385 g/mol. The lowest BCUT2D eigenvalue weighted by Crippen LogP contribution is -2.42. The van der Waals surface area contributed by atoms with Crippen LogP contribution in [0.4, 0.5) is 16.3 Å². The molecule has 0 bridgehead atoms. The van der Waals surface area contributed by atoms with Gasteiger partial charge in [-0.05, 0) is 32.3 Å². The molecule has 1 fully saturated rings. The first-order valence-electron chi connectivity index (χ1n) is 9.45. The molecule has 1 atom stereocenters. The Balaban J connectivity index is 1.67. The van der Waals surface area contributed by atoms with Crippen LogP contribution in [0.25, 0.3) is 11.3 Å². The molecular formula is C18H23N7O3. The van der Waals surface area contributed by atoms with Crippen molar-refractivity contribution in [2.45, 2.75) is 38.1 Å². The molecule has 4 rings (SSSR count). The van der Waals surface area contributed by atoms with Crippen molar-refractivity contribution in [3.63, 3.8) is 0 Å². The number of hydrogen-bond acceptors (Lipinski definition) is 6. The normalized spacial score (nSPS) is 21.0. The number of nitrogen functional groups attached to an aromatic ring is 1. The molecule has 4 heterocycles. The number of rotatable bonds is 3. The highest BCUT2D eigenvalue weighted by molar-refractivity contribution is 5.75. The van der Waals surface area contributed by atoms with Crippen LogP contribution in [0.1, 0.15) is 31.9 Å². The lowest BCUT2D eigenvalue weighted by Gasteiger charge is -2.34. The van der Waals surface area contributed by atoms with Crippen molar-refractivity contribution in [3.8, 4) is 11.3 Å². The summed E-state index contributed by atoms with van der Waals surface area (Å²) in [6, 6.07) is 3.37. The molecule has 0 radical (unpaired) electrons. The molecule has 0 saturated carbocycles. The number of carbonyl (C=O) groups is 1. The van der Waals surface area contributed by atoms with Crippen molar-refractivity contribution in [3.05, 3.63) is 34.1 Å². The summed E-state index contributed by atoms with van der Waals surface area (Å²) >= 11 is 0. The average Bonchev–Trinajstić information content (AvgIpc) is 3.28. The van der Waals surface area contributed by atoms with E-state index in [4.69, 9.17) is 5.73 Å². The molecular weight excluding hydrogens is 362 g/mol. The number of likely N-dealkylation sites (tertiary alicyclic amines) is 1. The summed E-state index contributed by atoms with van der Waals surface area (Å²) in [5.41, 5.74) is 7.55. The third-order valence-electron chi connectivity index (χ3n) is 5.71. The van der Waals surface area contributed by atoms with Crippen LogP contribution in [0.15, 0.2) is 18.3 Å². The summed E-state index contributed by atoms with van der Waals surface area (Å²) < 4.78 is 1.97. The molecule has 0 unspecified atom stereocenters. The first kappa shape index (κ1) is 18.2. The van der Waals surface area contributed by atoms with Gasteiger partial charge < -0.3 is 16.0 Å². The highest BCUT2D eigenvalue weighted by Crippen LogP contribution is 2.43. The molecule has 1 spiro atoms. The Morgan fingerprint density at radius 3 is 2.96 bits per heavy atom.